The summed E-state index contributed by atoms with van der Waals surface area (Å²) < 4.78 is 0. The third-order valence-corrected chi connectivity index (χ3v) is 4.40. The first-order valence-corrected chi connectivity index (χ1v) is 9.69. The van der Waals surface area contributed by atoms with E-state index in [2.05, 4.69) is 30.6 Å². The lowest BCUT2D eigenvalue weighted by atomic mass is 10.2. The van der Waals surface area contributed by atoms with Crippen LogP contribution < -0.4 is 10.6 Å². The largest absolute Gasteiger partial charge is 0.358 e. The van der Waals surface area contributed by atoms with Crippen LogP contribution in [0.2, 0.25) is 0 Å². The van der Waals surface area contributed by atoms with Gasteiger partial charge in [0.1, 0.15) is 11.4 Å². The Hall–Kier alpha value is -2.86. The van der Waals surface area contributed by atoms with E-state index in [1.165, 1.54) is 0 Å². The summed E-state index contributed by atoms with van der Waals surface area (Å²) in [6, 6.07) is 0. The Bertz CT molecular complexity index is 750. The van der Waals surface area contributed by atoms with E-state index >= 15 is 0 Å². The Kier molecular flexibility index (Phi) is 8.68. The zero-order chi connectivity index (χ0) is 21.2. The fourth-order valence-corrected chi connectivity index (χ4v) is 3.04. The number of imidazole rings is 2. The molecule has 0 bridgehead atoms. The van der Waals surface area contributed by atoms with E-state index in [-0.39, 0.29) is 11.6 Å². The van der Waals surface area contributed by atoms with Crippen molar-refractivity contribution in [3.8, 4) is 0 Å². The van der Waals surface area contributed by atoms with Gasteiger partial charge in [-0.05, 0) is 35.8 Å². The number of nitro groups is 2. The molecule has 0 saturated carbocycles. The maximum Gasteiger partial charge on any atom is 0.343 e. The lowest BCUT2D eigenvalue weighted by Gasteiger charge is -2.05. The third kappa shape index (κ3) is 7.23. The lowest BCUT2D eigenvalue weighted by Crippen LogP contribution is -2.21. The molecule has 0 radical (unpaired) electrons. The first-order valence-electron chi connectivity index (χ1n) is 9.69. The summed E-state index contributed by atoms with van der Waals surface area (Å²) in [6.07, 6.45) is 4.09. The van der Waals surface area contributed by atoms with E-state index in [1.807, 2.05) is 0 Å². The highest BCUT2D eigenvalue weighted by Gasteiger charge is 2.17. The van der Waals surface area contributed by atoms with Gasteiger partial charge in [0.25, 0.3) is 0 Å². The van der Waals surface area contributed by atoms with Crippen LogP contribution in [0.25, 0.3) is 0 Å². The van der Waals surface area contributed by atoms with Crippen molar-refractivity contribution in [3.05, 3.63) is 43.3 Å². The van der Waals surface area contributed by atoms with Crippen LogP contribution in [0.1, 0.15) is 42.3 Å². The zero-order valence-corrected chi connectivity index (χ0v) is 16.8. The van der Waals surface area contributed by atoms with Crippen LogP contribution in [0, 0.1) is 34.1 Å². The topological polar surface area (TPSA) is 168 Å². The van der Waals surface area contributed by atoms with Crippen molar-refractivity contribution in [2.45, 2.75) is 46.0 Å². The van der Waals surface area contributed by atoms with Crippen LogP contribution >= 0.6 is 0 Å². The van der Waals surface area contributed by atoms with Crippen LogP contribution in [-0.2, 0) is 12.8 Å². The zero-order valence-electron chi connectivity index (χ0n) is 16.8. The number of nitrogens with zero attached hydrogens (tertiary/aromatic N) is 4. The minimum absolute atomic E-state index is 0.0225. The van der Waals surface area contributed by atoms with Crippen LogP contribution in [0.4, 0.5) is 11.6 Å². The van der Waals surface area contributed by atoms with Gasteiger partial charge in [-0.25, -0.2) is 19.9 Å². The van der Waals surface area contributed by atoms with Gasteiger partial charge in [0.15, 0.2) is 11.6 Å². The normalized spacial score (nSPS) is 11.1. The van der Waals surface area contributed by atoms with Crippen LogP contribution in [0.5, 0.6) is 0 Å². The molecule has 0 aliphatic carbocycles. The average molecular weight is 408 g/mol. The molecule has 12 nitrogen and oxygen atoms in total. The predicted molar refractivity (Wildman–Crippen MR) is 107 cm³/mol. The second-order valence-corrected chi connectivity index (χ2v) is 6.81. The summed E-state index contributed by atoms with van der Waals surface area (Å²) >= 11 is 0. The molecule has 2 heterocycles. The van der Waals surface area contributed by atoms with Gasteiger partial charge in [-0.3, -0.25) is 0 Å². The monoisotopic (exact) mass is 408 g/mol. The molecule has 0 spiro atoms. The van der Waals surface area contributed by atoms with E-state index in [0.717, 1.165) is 32.4 Å². The Morgan fingerprint density at radius 3 is 1.55 bits per heavy atom. The van der Waals surface area contributed by atoms with Gasteiger partial charge < -0.3 is 30.9 Å². The molecule has 0 atom stereocenters. The van der Waals surface area contributed by atoms with Crippen molar-refractivity contribution in [2.24, 2.45) is 0 Å². The summed E-state index contributed by atoms with van der Waals surface area (Å²) in [4.78, 5) is 34.6. The van der Waals surface area contributed by atoms with Gasteiger partial charge in [0.05, 0.1) is 0 Å². The number of aromatic nitrogens is 4. The van der Waals surface area contributed by atoms with Crippen molar-refractivity contribution < 1.29 is 9.85 Å². The number of nitrogens with one attached hydrogen (secondary N) is 4. The Morgan fingerprint density at radius 2 is 1.17 bits per heavy atom. The SMILES string of the molecule is Cc1nc(CCNCCCCCNCCc2nc(C)[nH]c2[N+](=O)[O-])c([N+](=O)[O-])[nH]1. The number of unbranched alkanes of at least 4 members (excludes halogenated alkanes) is 2. The predicted octanol–water partition coefficient (Wildman–Crippen LogP) is 1.70. The molecule has 0 aromatic carbocycles. The fourth-order valence-electron chi connectivity index (χ4n) is 3.04. The van der Waals surface area contributed by atoms with Gasteiger partial charge in [-0.2, -0.15) is 0 Å². The summed E-state index contributed by atoms with van der Waals surface area (Å²) in [5.74, 6) is 1.06. The van der Waals surface area contributed by atoms with Gasteiger partial charge >= 0.3 is 11.6 Å². The highest BCUT2D eigenvalue weighted by molar-refractivity contribution is 5.28. The van der Waals surface area contributed by atoms with Crippen LogP contribution in [0.15, 0.2) is 0 Å². The van der Waals surface area contributed by atoms with E-state index in [9.17, 15) is 20.2 Å². The second kappa shape index (κ2) is 11.2. The van der Waals surface area contributed by atoms with Gasteiger partial charge in [0.2, 0.25) is 0 Å². The highest BCUT2D eigenvalue weighted by atomic mass is 16.6. The second-order valence-electron chi connectivity index (χ2n) is 6.81. The van der Waals surface area contributed by atoms with E-state index < -0.39 is 9.85 Å². The number of rotatable bonds is 14. The molecule has 2 aromatic heterocycles. The fraction of sp³-hybridized carbons (Fsp3) is 0.647. The molecular weight excluding hydrogens is 380 g/mol. The number of hydrogen-bond acceptors (Lipinski definition) is 8. The Morgan fingerprint density at radius 1 is 0.759 bits per heavy atom. The summed E-state index contributed by atoms with van der Waals surface area (Å²) in [5, 5.41) is 28.4. The van der Waals surface area contributed by atoms with Crippen molar-refractivity contribution in [3.63, 3.8) is 0 Å². The number of hydrogen-bond donors (Lipinski definition) is 4. The minimum Gasteiger partial charge on any atom is -0.358 e. The summed E-state index contributed by atoms with van der Waals surface area (Å²) in [7, 11) is 0. The molecule has 0 unspecified atom stereocenters. The Labute approximate surface area is 168 Å². The lowest BCUT2D eigenvalue weighted by molar-refractivity contribution is -0.390. The molecule has 4 N–H and O–H groups in total. The third-order valence-electron chi connectivity index (χ3n) is 4.40. The minimum atomic E-state index is -0.437. The maximum absolute atomic E-state index is 10.9. The quantitative estimate of drug-likeness (QED) is 0.208. The first kappa shape index (κ1) is 22.4. The molecule has 0 saturated heterocycles. The smallest absolute Gasteiger partial charge is 0.343 e. The summed E-state index contributed by atoms with van der Waals surface area (Å²) in [6.45, 7) is 6.38. The van der Waals surface area contributed by atoms with Crippen LogP contribution in [0.3, 0.4) is 0 Å². The molecule has 29 heavy (non-hydrogen) atoms. The molecule has 0 aliphatic rings. The molecule has 0 fully saturated rings. The molecule has 12 heteroatoms. The number of aryl methyl sites for hydroxylation is 2. The number of aromatic amines is 2. The molecule has 0 aliphatic heterocycles. The maximum atomic E-state index is 10.9. The highest BCUT2D eigenvalue weighted by Crippen LogP contribution is 2.15. The van der Waals surface area contributed by atoms with Crippen molar-refractivity contribution in [1.29, 1.82) is 0 Å². The van der Waals surface area contributed by atoms with Crippen molar-refractivity contribution in [1.82, 2.24) is 30.6 Å². The van der Waals surface area contributed by atoms with Gasteiger partial charge in [-0.1, -0.05) is 6.42 Å². The average Bonchev–Trinajstić information content (AvgIpc) is 3.22. The van der Waals surface area contributed by atoms with Gasteiger partial charge in [-0.15, -0.1) is 0 Å². The molecule has 160 valence electrons. The first-order chi connectivity index (χ1) is 13.9. The summed E-state index contributed by atoms with van der Waals surface area (Å²) in [5.41, 5.74) is 0.966. The standard InChI is InChI=1S/C17H28N8O4/c1-12-20-14(16(22-12)24(26)27)6-10-18-8-4-3-5-9-19-11-7-15-17(25(28)29)23-13(2)21-15/h18-19H,3-11H2,1-2H3,(H,20,22)(H,21,23). The molecule has 2 rings (SSSR count). The van der Waals surface area contributed by atoms with Gasteiger partial charge in [0, 0.05) is 39.8 Å². The molecule has 0 amide bonds. The van der Waals surface area contributed by atoms with E-state index in [0.29, 0.717) is 49.0 Å². The van der Waals surface area contributed by atoms with Crippen LogP contribution in [-0.4, -0.2) is 56.0 Å². The molecular formula is C17H28N8O4. The Balaban J connectivity index is 1.49. The van der Waals surface area contributed by atoms with E-state index in [4.69, 9.17) is 0 Å². The van der Waals surface area contributed by atoms with Crippen molar-refractivity contribution >= 4 is 11.6 Å². The van der Waals surface area contributed by atoms with Crippen molar-refractivity contribution in [2.75, 3.05) is 26.2 Å². The molecule has 2 aromatic rings. The number of H-pyrrole nitrogens is 2. The van der Waals surface area contributed by atoms with E-state index in [1.54, 1.807) is 13.8 Å².